The van der Waals surface area contributed by atoms with E-state index in [1.807, 2.05) is 0 Å². The Hall–Kier alpha value is -1.82. The van der Waals surface area contributed by atoms with E-state index in [2.05, 4.69) is 48.6 Å². The van der Waals surface area contributed by atoms with Crippen LogP contribution in [-0.2, 0) is 0 Å². The van der Waals surface area contributed by atoms with Crippen LogP contribution in [0.3, 0.4) is 0 Å². The van der Waals surface area contributed by atoms with Gasteiger partial charge in [0.05, 0.1) is 0 Å². The fourth-order valence-electron chi connectivity index (χ4n) is 3.40. The van der Waals surface area contributed by atoms with Crippen LogP contribution in [0.5, 0.6) is 0 Å². The third kappa shape index (κ3) is 1.38. The van der Waals surface area contributed by atoms with Crippen molar-refractivity contribution >= 4 is 11.6 Å². The third-order valence-electron chi connectivity index (χ3n) is 4.27. The summed E-state index contributed by atoms with van der Waals surface area (Å²) in [6.45, 7) is 0. The van der Waals surface area contributed by atoms with Gasteiger partial charge in [0, 0.05) is 0 Å². The zero-order valence-corrected chi connectivity index (χ0v) is 10.4. The molecular formula is C18H16. The van der Waals surface area contributed by atoms with Crippen LogP contribution >= 0.6 is 0 Å². The molecule has 0 N–H and O–H groups in total. The summed E-state index contributed by atoms with van der Waals surface area (Å²) < 4.78 is 0. The molecular weight excluding hydrogens is 216 g/mol. The molecule has 0 spiro atoms. The molecule has 0 heteroatoms. The van der Waals surface area contributed by atoms with E-state index in [1.54, 1.807) is 16.7 Å². The second kappa shape index (κ2) is 3.84. The average molecular weight is 232 g/mol. The van der Waals surface area contributed by atoms with Gasteiger partial charge in [-0.2, -0.15) is 0 Å². The van der Waals surface area contributed by atoms with Gasteiger partial charge < -0.3 is 0 Å². The second-order valence-electron chi connectivity index (χ2n) is 5.24. The highest BCUT2D eigenvalue weighted by Gasteiger charge is 2.21. The lowest BCUT2D eigenvalue weighted by atomic mass is 9.78. The first kappa shape index (κ1) is 10.1. The fraction of sp³-hybridized carbons (Fsp3) is 0.222. The lowest BCUT2D eigenvalue weighted by molar-refractivity contribution is 0.931. The number of benzene rings is 1. The Morgan fingerprint density at radius 2 is 1.72 bits per heavy atom. The largest absolute Gasteiger partial charge is 0.0836 e. The van der Waals surface area contributed by atoms with E-state index in [4.69, 9.17) is 0 Å². The van der Waals surface area contributed by atoms with Gasteiger partial charge in [0.25, 0.3) is 0 Å². The Balaban J connectivity index is 2.04. The van der Waals surface area contributed by atoms with Gasteiger partial charge >= 0.3 is 0 Å². The van der Waals surface area contributed by atoms with Crippen LogP contribution in [0, 0.1) is 0 Å². The highest BCUT2D eigenvalue weighted by molar-refractivity contribution is 5.76. The molecule has 0 fully saturated rings. The molecule has 4 rings (SSSR count). The van der Waals surface area contributed by atoms with E-state index in [-0.39, 0.29) is 0 Å². The molecule has 0 amide bonds. The standard InChI is InChI=1S/C18H16/c1-3-7-15-13(5-1)9-11-18-16-8-4-2-6-14(16)10-12-17(15)18/h1-3,5-7,9-10H,4,8,11-12H2. The molecule has 3 aliphatic carbocycles. The smallest absolute Gasteiger partial charge is 0.00792 e. The van der Waals surface area contributed by atoms with Gasteiger partial charge in [-0.05, 0) is 58.4 Å². The maximum absolute atomic E-state index is 2.41. The molecule has 0 radical (unpaired) electrons. The first-order chi connectivity index (χ1) is 8.93. The molecule has 0 bridgehead atoms. The zero-order valence-electron chi connectivity index (χ0n) is 10.4. The van der Waals surface area contributed by atoms with E-state index in [9.17, 15) is 0 Å². The van der Waals surface area contributed by atoms with Gasteiger partial charge in [-0.1, -0.05) is 48.6 Å². The molecule has 0 aliphatic heterocycles. The van der Waals surface area contributed by atoms with Crippen molar-refractivity contribution in [3.63, 3.8) is 0 Å². The van der Waals surface area contributed by atoms with Crippen LogP contribution in [0.2, 0.25) is 0 Å². The predicted molar refractivity (Wildman–Crippen MR) is 76.3 cm³/mol. The number of fused-ring (bicyclic) bond motifs is 3. The van der Waals surface area contributed by atoms with Crippen molar-refractivity contribution < 1.29 is 0 Å². The monoisotopic (exact) mass is 232 g/mol. The second-order valence-corrected chi connectivity index (χ2v) is 5.24. The Kier molecular flexibility index (Phi) is 2.16. The minimum atomic E-state index is 1.10. The number of hydrogen-bond donors (Lipinski definition) is 0. The zero-order chi connectivity index (χ0) is 11.9. The summed E-state index contributed by atoms with van der Waals surface area (Å²) in [5, 5.41) is 2.87. The first-order valence-corrected chi connectivity index (χ1v) is 6.81. The van der Waals surface area contributed by atoms with Gasteiger partial charge in [-0.25, -0.2) is 0 Å². The Morgan fingerprint density at radius 3 is 2.72 bits per heavy atom. The van der Waals surface area contributed by atoms with Crippen molar-refractivity contribution in [1.82, 2.24) is 0 Å². The Bertz CT molecular complexity index is 724. The molecule has 18 heavy (non-hydrogen) atoms. The van der Waals surface area contributed by atoms with Crippen molar-refractivity contribution in [3.05, 3.63) is 69.7 Å². The third-order valence-corrected chi connectivity index (χ3v) is 4.27. The number of rotatable bonds is 0. The molecule has 0 nitrogen and oxygen atoms in total. The van der Waals surface area contributed by atoms with Gasteiger partial charge in [0.15, 0.2) is 0 Å². The molecule has 0 unspecified atom stereocenters. The number of hydrogen-bond acceptors (Lipinski definition) is 0. The van der Waals surface area contributed by atoms with Crippen molar-refractivity contribution in [2.75, 3.05) is 0 Å². The lowest BCUT2D eigenvalue weighted by Gasteiger charge is -2.26. The van der Waals surface area contributed by atoms with Crippen molar-refractivity contribution in [2.45, 2.75) is 25.7 Å². The van der Waals surface area contributed by atoms with Crippen LogP contribution in [0.15, 0.2) is 59.2 Å². The molecule has 0 aromatic heterocycles. The summed E-state index contributed by atoms with van der Waals surface area (Å²) in [6, 6.07) is 8.82. The van der Waals surface area contributed by atoms with E-state index in [0.717, 1.165) is 12.8 Å². The quantitative estimate of drug-likeness (QED) is 0.645. The topological polar surface area (TPSA) is 0 Å². The minimum absolute atomic E-state index is 1.10. The molecule has 0 saturated carbocycles. The molecule has 3 aliphatic rings. The molecule has 1 aromatic carbocycles. The summed E-state index contributed by atoms with van der Waals surface area (Å²) in [7, 11) is 0. The van der Waals surface area contributed by atoms with E-state index < -0.39 is 0 Å². The first-order valence-electron chi connectivity index (χ1n) is 6.81. The van der Waals surface area contributed by atoms with Crippen LogP contribution in [-0.4, -0.2) is 0 Å². The fourth-order valence-corrected chi connectivity index (χ4v) is 3.40. The maximum atomic E-state index is 2.41. The van der Waals surface area contributed by atoms with Gasteiger partial charge in [-0.3, -0.25) is 0 Å². The Labute approximate surface area is 107 Å². The Morgan fingerprint density at radius 1 is 0.833 bits per heavy atom. The summed E-state index contributed by atoms with van der Waals surface area (Å²) in [6.07, 6.45) is 14.1. The molecule has 0 heterocycles. The van der Waals surface area contributed by atoms with E-state index in [0.29, 0.717) is 0 Å². The summed E-state index contributed by atoms with van der Waals surface area (Å²) in [4.78, 5) is 0. The predicted octanol–water partition coefficient (Wildman–Crippen LogP) is 3.00. The van der Waals surface area contributed by atoms with Crippen LogP contribution in [0.1, 0.15) is 25.7 Å². The minimum Gasteiger partial charge on any atom is -0.0836 e. The molecule has 88 valence electrons. The lowest BCUT2D eigenvalue weighted by Crippen LogP contribution is -2.31. The van der Waals surface area contributed by atoms with Crippen LogP contribution in [0.4, 0.5) is 0 Å². The highest BCUT2D eigenvalue weighted by atomic mass is 14.3. The normalized spacial score (nSPS) is 20.7. The van der Waals surface area contributed by atoms with Gasteiger partial charge in [-0.15, -0.1) is 0 Å². The van der Waals surface area contributed by atoms with E-state index >= 15 is 0 Å². The van der Waals surface area contributed by atoms with Crippen molar-refractivity contribution in [3.8, 4) is 0 Å². The average Bonchev–Trinajstić information content (AvgIpc) is 2.46. The maximum Gasteiger partial charge on any atom is -0.00792 e. The van der Waals surface area contributed by atoms with Crippen molar-refractivity contribution in [1.29, 1.82) is 0 Å². The summed E-state index contributed by atoms with van der Waals surface area (Å²) in [5.41, 5.74) is 6.26. The van der Waals surface area contributed by atoms with Crippen LogP contribution < -0.4 is 10.4 Å². The summed E-state index contributed by atoms with van der Waals surface area (Å²) in [5.74, 6) is 0. The van der Waals surface area contributed by atoms with Crippen molar-refractivity contribution in [2.24, 2.45) is 0 Å². The van der Waals surface area contributed by atoms with Gasteiger partial charge in [0.1, 0.15) is 0 Å². The molecule has 0 atom stereocenters. The molecule has 0 saturated heterocycles. The molecule has 1 aromatic rings. The number of allylic oxidation sites excluding steroid dienone is 6. The highest BCUT2D eigenvalue weighted by Crippen LogP contribution is 2.38. The summed E-state index contributed by atoms with van der Waals surface area (Å²) >= 11 is 0. The van der Waals surface area contributed by atoms with Gasteiger partial charge in [0.2, 0.25) is 0 Å². The SMILES string of the molecule is C1=CC2=CCC3=c4ccccc4=CCC3=C2CC1. The van der Waals surface area contributed by atoms with Crippen LogP contribution in [0.25, 0.3) is 11.6 Å². The van der Waals surface area contributed by atoms with E-state index in [1.165, 1.54) is 28.9 Å².